The van der Waals surface area contributed by atoms with Crippen LogP contribution in [0.5, 0.6) is 0 Å². The van der Waals surface area contributed by atoms with Crippen molar-refractivity contribution >= 4 is 33.7 Å². The zero-order valence-electron chi connectivity index (χ0n) is 19.5. The molecule has 0 spiro atoms. The van der Waals surface area contributed by atoms with Gasteiger partial charge >= 0.3 is 210 Å². The molecule has 0 radical (unpaired) electrons. The number of nitro groups is 1. The molecule has 0 saturated heterocycles. The van der Waals surface area contributed by atoms with Crippen LogP contribution in [0.2, 0.25) is 0 Å². The number of hydrogen-bond donors (Lipinski definition) is 0. The van der Waals surface area contributed by atoms with E-state index in [1.165, 1.54) is 6.07 Å². The van der Waals surface area contributed by atoms with Crippen LogP contribution < -0.4 is 21.2 Å². The monoisotopic (exact) mass is 489 g/mol. The second kappa shape index (κ2) is 8.53. The summed E-state index contributed by atoms with van der Waals surface area (Å²) >= 11 is 0. The van der Waals surface area contributed by atoms with Crippen LogP contribution in [-0.4, -0.2) is 4.92 Å². The third-order valence-corrected chi connectivity index (χ3v) is 12.9. The molecule has 1 aliphatic heterocycles. The Balaban J connectivity index is 1.78. The number of nitrogens with zero attached hydrogens (tertiary/aromatic N) is 1. The Bertz CT molecular complexity index is 1460. The zero-order chi connectivity index (χ0) is 24.6. The molecule has 4 nitrogen and oxygen atoms in total. The van der Waals surface area contributed by atoms with Gasteiger partial charge in [-0.1, -0.05) is 0 Å². The maximum atomic E-state index is 11.6. The van der Waals surface area contributed by atoms with E-state index in [0.29, 0.717) is 0 Å². The van der Waals surface area contributed by atoms with E-state index in [1.54, 1.807) is 12.1 Å². The summed E-state index contributed by atoms with van der Waals surface area (Å²) in [6.07, 6.45) is -0.473. The molecule has 1 aliphatic rings. The molecule has 1 atom stereocenters. The molecule has 0 aliphatic carbocycles. The van der Waals surface area contributed by atoms with Gasteiger partial charge < -0.3 is 0 Å². The third-order valence-electron chi connectivity index (χ3n) is 7.13. The van der Waals surface area contributed by atoms with Gasteiger partial charge in [-0.05, 0) is 0 Å². The van der Waals surface area contributed by atoms with E-state index in [2.05, 4.69) is 91.0 Å². The molecule has 0 aromatic heterocycles. The van der Waals surface area contributed by atoms with Gasteiger partial charge in [0.05, 0.1) is 0 Å². The third kappa shape index (κ3) is 3.02. The van der Waals surface area contributed by atoms with E-state index >= 15 is 0 Å². The first-order valence-corrected chi connectivity index (χ1v) is 14.0. The molecule has 5 aromatic carbocycles. The van der Waals surface area contributed by atoms with Gasteiger partial charge in [-0.15, -0.1) is 0 Å². The molecule has 0 unspecified atom stereocenters. The van der Waals surface area contributed by atoms with E-state index in [9.17, 15) is 10.1 Å². The minimum absolute atomic E-state index is 0.0555. The van der Waals surface area contributed by atoms with Crippen LogP contribution in [0.1, 0.15) is 17.2 Å². The van der Waals surface area contributed by atoms with Crippen LogP contribution in [-0.2, 0) is 4.52 Å². The Hall–Kier alpha value is -4.11. The van der Waals surface area contributed by atoms with Crippen molar-refractivity contribution in [2.45, 2.75) is 6.10 Å². The van der Waals surface area contributed by atoms with E-state index in [-0.39, 0.29) is 10.6 Å². The van der Waals surface area contributed by atoms with E-state index < -0.39 is 12.9 Å². The van der Waals surface area contributed by atoms with Crippen LogP contribution in [0.4, 0.5) is 5.69 Å². The van der Waals surface area contributed by atoms with Crippen molar-refractivity contribution < 1.29 is 9.45 Å². The predicted molar refractivity (Wildman–Crippen MR) is 147 cm³/mol. The van der Waals surface area contributed by atoms with Gasteiger partial charge in [0.2, 0.25) is 0 Å². The summed E-state index contributed by atoms with van der Waals surface area (Å²) in [5, 5.41) is 16.1. The van der Waals surface area contributed by atoms with Gasteiger partial charge in [0.1, 0.15) is 0 Å². The molecule has 6 rings (SSSR count). The van der Waals surface area contributed by atoms with Crippen molar-refractivity contribution in [2.24, 2.45) is 0 Å². The summed E-state index contributed by atoms with van der Waals surface area (Å²) in [5.74, 6) is 0. The van der Waals surface area contributed by atoms with E-state index in [0.717, 1.165) is 32.3 Å². The van der Waals surface area contributed by atoms with Crippen LogP contribution >= 0.6 is 6.83 Å². The summed E-state index contributed by atoms with van der Waals surface area (Å²) in [7, 11) is 0. The summed E-state index contributed by atoms with van der Waals surface area (Å²) in [5.41, 5.74) is 1.86. The summed E-state index contributed by atoms with van der Waals surface area (Å²) in [6.45, 7) is -3.72. The molecular weight excluding hydrogens is 465 g/mol. The molecule has 5 heteroatoms. The summed E-state index contributed by atoms with van der Waals surface area (Å²) < 4.78 is 7.59. The van der Waals surface area contributed by atoms with Gasteiger partial charge in [0, 0.05) is 0 Å². The Morgan fingerprint density at radius 3 is 1.64 bits per heavy atom. The van der Waals surface area contributed by atoms with Crippen molar-refractivity contribution in [1.82, 2.24) is 0 Å². The molecule has 5 aromatic rings. The molecule has 0 saturated carbocycles. The molecule has 176 valence electrons. The topological polar surface area (TPSA) is 52.4 Å². The molecule has 0 fully saturated rings. The maximum absolute atomic E-state index is 11.6. The zero-order valence-corrected chi connectivity index (χ0v) is 20.4. The molecule has 0 amide bonds. The molecule has 1 heterocycles. The fraction of sp³-hybridized carbons (Fsp3) is 0.0323. The number of benzene rings is 5. The summed E-state index contributed by atoms with van der Waals surface area (Å²) in [4.78, 5) is 11.3. The number of rotatable bonds is 5. The van der Waals surface area contributed by atoms with Crippen molar-refractivity contribution in [3.05, 3.63) is 161 Å². The standard InChI is InChI=1S/C31H24NO3P/c33-32(34)25-14-12-13-24(23-25)31-29-21-10-11-22-30(29)36(35-31,26-15-4-1-5-16-26,27-17-6-2-7-18-27)28-19-8-3-9-20-28/h1-23,31H/t31-/m0/s1. The minimum atomic E-state index is -3.72. The number of non-ortho nitro benzene ring substituents is 1. The van der Waals surface area contributed by atoms with Gasteiger partial charge in [-0.2, -0.15) is 0 Å². The average molecular weight is 490 g/mol. The fourth-order valence-corrected chi connectivity index (χ4v) is 11.8. The number of hydrogen-bond acceptors (Lipinski definition) is 3. The molecular formula is C31H24NO3P. The molecule has 0 N–H and O–H groups in total. The van der Waals surface area contributed by atoms with Crippen LogP contribution in [0.25, 0.3) is 0 Å². The van der Waals surface area contributed by atoms with E-state index in [1.807, 2.05) is 30.3 Å². The first kappa shape index (κ1) is 22.4. The van der Waals surface area contributed by atoms with Crippen molar-refractivity contribution in [1.29, 1.82) is 0 Å². The SMILES string of the molecule is O=[N+]([O-])c1cccc([C@@H]2OP(c3ccccc3)(c3ccccc3)(c3ccccc3)c3ccccc32)c1. The summed E-state index contributed by atoms with van der Waals surface area (Å²) in [6, 6.07) is 46.5. The second-order valence-electron chi connectivity index (χ2n) is 8.94. The van der Waals surface area contributed by atoms with Crippen molar-refractivity contribution in [2.75, 3.05) is 0 Å². The van der Waals surface area contributed by atoms with Crippen LogP contribution in [0.3, 0.4) is 0 Å². The van der Waals surface area contributed by atoms with Crippen LogP contribution in [0, 0.1) is 10.1 Å². The van der Waals surface area contributed by atoms with Gasteiger partial charge in [-0.3, -0.25) is 0 Å². The first-order valence-electron chi connectivity index (χ1n) is 11.9. The number of fused-ring (bicyclic) bond motifs is 1. The Labute approximate surface area is 210 Å². The van der Waals surface area contributed by atoms with Crippen molar-refractivity contribution in [3.8, 4) is 0 Å². The van der Waals surface area contributed by atoms with Gasteiger partial charge in [0.25, 0.3) is 0 Å². The van der Waals surface area contributed by atoms with Gasteiger partial charge in [0.15, 0.2) is 0 Å². The van der Waals surface area contributed by atoms with Gasteiger partial charge in [-0.25, -0.2) is 0 Å². The fourth-order valence-electron chi connectivity index (χ4n) is 5.65. The van der Waals surface area contributed by atoms with Crippen LogP contribution in [0.15, 0.2) is 140 Å². The number of nitro benzene ring substituents is 1. The second-order valence-corrected chi connectivity index (χ2v) is 13.3. The Morgan fingerprint density at radius 2 is 1.11 bits per heavy atom. The Kier molecular flexibility index (Phi) is 5.30. The molecule has 36 heavy (non-hydrogen) atoms. The van der Waals surface area contributed by atoms with E-state index in [4.69, 9.17) is 4.52 Å². The quantitative estimate of drug-likeness (QED) is 0.179. The first-order chi connectivity index (χ1) is 17.6. The Morgan fingerprint density at radius 1 is 0.611 bits per heavy atom. The normalized spacial score (nSPS) is 18.4. The molecule has 0 bridgehead atoms. The average Bonchev–Trinajstić information content (AvgIpc) is 3.28. The van der Waals surface area contributed by atoms with Crippen molar-refractivity contribution in [3.63, 3.8) is 0 Å². The predicted octanol–water partition coefficient (Wildman–Crippen LogP) is 5.78.